The SMILES string of the molecule is Cc1ccc(Nc2cc(C(=O)Nc3ccccc3)nc(C)n2)c(Br)c1. The van der Waals surface area contributed by atoms with Gasteiger partial charge >= 0.3 is 0 Å². The van der Waals surface area contributed by atoms with Crippen LogP contribution in [-0.4, -0.2) is 15.9 Å². The number of amides is 1. The van der Waals surface area contributed by atoms with Gasteiger partial charge in [0.1, 0.15) is 17.3 Å². The Morgan fingerprint density at radius 3 is 2.48 bits per heavy atom. The van der Waals surface area contributed by atoms with Crippen molar-refractivity contribution in [1.29, 1.82) is 0 Å². The summed E-state index contributed by atoms with van der Waals surface area (Å²) in [6.45, 7) is 3.78. The van der Waals surface area contributed by atoms with Gasteiger partial charge in [0.25, 0.3) is 5.91 Å². The van der Waals surface area contributed by atoms with Gasteiger partial charge in [0.15, 0.2) is 0 Å². The summed E-state index contributed by atoms with van der Waals surface area (Å²) < 4.78 is 0.930. The summed E-state index contributed by atoms with van der Waals surface area (Å²) in [6, 6.07) is 16.9. The molecule has 1 heterocycles. The first-order valence-corrected chi connectivity index (χ1v) is 8.56. The van der Waals surface area contributed by atoms with Gasteiger partial charge in [-0.2, -0.15) is 0 Å². The normalized spacial score (nSPS) is 10.4. The largest absolute Gasteiger partial charge is 0.339 e. The maximum Gasteiger partial charge on any atom is 0.274 e. The maximum absolute atomic E-state index is 12.4. The van der Waals surface area contributed by atoms with Crippen molar-refractivity contribution in [2.75, 3.05) is 10.6 Å². The highest BCUT2D eigenvalue weighted by Crippen LogP contribution is 2.26. The molecule has 0 spiro atoms. The van der Waals surface area contributed by atoms with Crippen LogP contribution in [0, 0.1) is 13.8 Å². The Hall–Kier alpha value is -2.73. The van der Waals surface area contributed by atoms with Crippen LogP contribution in [0.3, 0.4) is 0 Å². The Morgan fingerprint density at radius 1 is 1.00 bits per heavy atom. The molecule has 1 amide bonds. The van der Waals surface area contributed by atoms with Gasteiger partial charge < -0.3 is 10.6 Å². The van der Waals surface area contributed by atoms with Crippen molar-refractivity contribution >= 4 is 39.0 Å². The van der Waals surface area contributed by atoms with Crippen molar-refractivity contribution in [3.63, 3.8) is 0 Å². The third-order valence-electron chi connectivity index (χ3n) is 3.49. The van der Waals surface area contributed by atoms with E-state index in [4.69, 9.17) is 0 Å². The van der Waals surface area contributed by atoms with Crippen molar-refractivity contribution in [2.24, 2.45) is 0 Å². The summed E-state index contributed by atoms with van der Waals surface area (Å²) in [5.41, 5.74) is 3.05. The van der Waals surface area contributed by atoms with Gasteiger partial charge in [0.05, 0.1) is 5.69 Å². The first kappa shape index (κ1) is 17.1. The third kappa shape index (κ3) is 4.42. The molecule has 5 nitrogen and oxygen atoms in total. The van der Waals surface area contributed by atoms with Gasteiger partial charge in [0.2, 0.25) is 0 Å². The van der Waals surface area contributed by atoms with E-state index >= 15 is 0 Å². The fourth-order valence-corrected chi connectivity index (χ4v) is 2.92. The number of anilines is 3. The number of para-hydroxylation sites is 1. The first-order chi connectivity index (χ1) is 12.0. The van der Waals surface area contributed by atoms with Gasteiger partial charge in [-0.1, -0.05) is 24.3 Å². The summed E-state index contributed by atoms with van der Waals surface area (Å²) >= 11 is 3.53. The Kier molecular flexibility index (Phi) is 5.09. The summed E-state index contributed by atoms with van der Waals surface area (Å²) in [5, 5.41) is 6.05. The fraction of sp³-hybridized carbons (Fsp3) is 0.105. The highest BCUT2D eigenvalue weighted by Gasteiger charge is 2.12. The van der Waals surface area contributed by atoms with E-state index < -0.39 is 0 Å². The zero-order chi connectivity index (χ0) is 17.8. The zero-order valence-electron chi connectivity index (χ0n) is 13.9. The third-order valence-corrected chi connectivity index (χ3v) is 4.15. The molecule has 0 unspecified atom stereocenters. The molecule has 0 bridgehead atoms. The number of halogens is 1. The monoisotopic (exact) mass is 396 g/mol. The highest BCUT2D eigenvalue weighted by molar-refractivity contribution is 9.10. The van der Waals surface area contributed by atoms with Crippen LogP contribution in [-0.2, 0) is 0 Å². The fourth-order valence-electron chi connectivity index (χ4n) is 2.32. The van der Waals surface area contributed by atoms with Crippen molar-refractivity contribution in [3.05, 3.63) is 76.2 Å². The number of hydrogen-bond donors (Lipinski definition) is 2. The second kappa shape index (κ2) is 7.44. The topological polar surface area (TPSA) is 66.9 Å². The molecule has 2 N–H and O–H groups in total. The summed E-state index contributed by atoms with van der Waals surface area (Å²) in [4.78, 5) is 21.0. The standard InChI is InChI=1S/C19H17BrN4O/c1-12-8-9-16(15(20)10-12)24-18-11-17(21-13(2)22-18)19(25)23-14-6-4-3-5-7-14/h3-11H,1-2H3,(H,23,25)(H,21,22,24). The average molecular weight is 397 g/mol. The van der Waals surface area contributed by atoms with E-state index in [0.717, 1.165) is 21.4 Å². The molecule has 3 rings (SSSR count). The first-order valence-electron chi connectivity index (χ1n) is 7.76. The van der Waals surface area contributed by atoms with Gasteiger partial charge in [-0.3, -0.25) is 4.79 Å². The molecule has 126 valence electrons. The van der Waals surface area contributed by atoms with Crippen LogP contribution in [0.2, 0.25) is 0 Å². The molecule has 6 heteroatoms. The highest BCUT2D eigenvalue weighted by atomic mass is 79.9. The molecule has 0 saturated heterocycles. The quantitative estimate of drug-likeness (QED) is 0.661. The van der Waals surface area contributed by atoms with Crippen molar-refractivity contribution in [1.82, 2.24) is 9.97 Å². The number of carbonyl (C=O) groups excluding carboxylic acids is 1. The van der Waals surface area contributed by atoms with Crippen LogP contribution in [0.5, 0.6) is 0 Å². The van der Waals surface area contributed by atoms with E-state index in [0.29, 0.717) is 17.3 Å². The number of nitrogens with zero attached hydrogens (tertiary/aromatic N) is 2. The Morgan fingerprint density at radius 2 is 1.76 bits per heavy atom. The van der Waals surface area contributed by atoms with E-state index in [1.807, 2.05) is 55.5 Å². The van der Waals surface area contributed by atoms with Crippen LogP contribution in [0.1, 0.15) is 21.9 Å². The molecule has 0 aliphatic rings. The van der Waals surface area contributed by atoms with Crippen LogP contribution < -0.4 is 10.6 Å². The molecule has 3 aromatic rings. The number of hydrogen-bond acceptors (Lipinski definition) is 4. The van der Waals surface area contributed by atoms with E-state index in [-0.39, 0.29) is 5.91 Å². The Labute approximate surface area is 154 Å². The molecule has 0 aliphatic heterocycles. The van der Waals surface area contributed by atoms with Gasteiger partial charge in [-0.15, -0.1) is 0 Å². The summed E-state index contributed by atoms with van der Waals surface area (Å²) in [6.07, 6.45) is 0. The van der Waals surface area contributed by atoms with Crippen molar-refractivity contribution in [3.8, 4) is 0 Å². The Balaban J connectivity index is 1.84. The molecule has 0 saturated carbocycles. The molecular weight excluding hydrogens is 380 g/mol. The van der Waals surface area contributed by atoms with Crippen LogP contribution in [0.25, 0.3) is 0 Å². The molecule has 2 aromatic carbocycles. The Bertz CT molecular complexity index is 913. The lowest BCUT2D eigenvalue weighted by atomic mass is 10.2. The van der Waals surface area contributed by atoms with E-state index in [1.54, 1.807) is 13.0 Å². The number of carbonyl (C=O) groups is 1. The second-order valence-corrected chi connectivity index (χ2v) is 6.47. The second-order valence-electron chi connectivity index (χ2n) is 5.61. The van der Waals surface area contributed by atoms with Crippen molar-refractivity contribution < 1.29 is 4.79 Å². The lowest BCUT2D eigenvalue weighted by Gasteiger charge is -2.11. The maximum atomic E-state index is 12.4. The number of nitrogens with one attached hydrogen (secondary N) is 2. The summed E-state index contributed by atoms with van der Waals surface area (Å²) in [7, 11) is 0. The van der Waals surface area contributed by atoms with Gasteiger partial charge in [-0.25, -0.2) is 9.97 Å². The number of rotatable bonds is 4. The predicted octanol–water partition coefficient (Wildman–Crippen LogP) is 4.85. The van der Waals surface area contributed by atoms with Crippen LogP contribution >= 0.6 is 15.9 Å². The molecule has 0 atom stereocenters. The molecule has 25 heavy (non-hydrogen) atoms. The lowest BCUT2D eigenvalue weighted by molar-refractivity contribution is 0.102. The number of aromatic nitrogens is 2. The molecular formula is C19H17BrN4O. The zero-order valence-corrected chi connectivity index (χ0v) is 15.5. The minimum Gasteiger partial charge on any atom is -0.339 e. The summed E-state index contributed by atoms with van der Waals surface area (Å²) in [5.74, 6) is 0.810. The van der Waals surface area contributed by atoms with E-state index in [1.165, 1.54) is 0 Å². The van der Waals surface area contributed by atoms with Crippen molar-refractivity contribution in [2.45, 2.75) is 13.8 Å². The molecule has 0 aliphatic carbocycles. The predicted molar refractivity (Wildman–Crippen MR) is 103 cm³/mol. The van der Waals surface area contributed by atoms with Crippen LogP contribution in [0.4, 0.5) is 17.2 Å². The van der Waals surface area contributed by atoms with Gasteiger partial charge in [0, 0.05) is 16.2 Å². The van der Waals surface area contributed by atoms with E-state index in [2.05, 4.69) is 36.5 Å². The number of aryl methyl sites for hydroxylation is 2. The lowest BCUT2D eigenvalue weighted by Crippen LogP contribution is -2.15. The average Bonchev–Trinajstić information content (AvgIpc) is 2.58. The van der Waals surface area contributed by atoms with E-state index in [9.17, 15) is 4.79 Å². The molecule has 1 aromatic heterocycles. The van der Waals surface area contributed by atoms with Crippen LogP contribution in [0.15, 0.2) is 59.1 Å². The molecule has 0 radical (unpaired) electrons. The molecule has 0 fully saturated rings. The minimum absolute atomic E-state index is 0.275. The van der Waals surface area contributed by atoms with Gasteiger partial charge in [-0.05, 0) is 59.6 Å². The smallest absolute Gasteiger partial charge is 0.274 e. The number of benzene rings is 2. The minimum atomic E-state index is -0.275.